The number of ether oxygens (including phenoxy) is 1. The quantitative estimate of drug-likeness (QED) is 0.678. The number of halogens is 1. The summed E-state index contributed by atoms with van der Waals surface area (Å²) < 4.78 is 19.2. The Kier molecular flexibility index (Phi) is 5.89. The molecule has 2 atom stereocenters. The van der Waals surface area contributed by atoms with Crippen molar-refractivity contribution in [1.82, 2.24) is 15.1 Å². The lowest BCUT2D eigenvalue weighted by Crippen LogP contribution is -2.44. The monoisotopic (exact) mass is 494 g/mol. The fourth-order valence-corrected chi connectivity index (χ4v) is 5.55. The molecule has 1 unspecified atom stereocenters. The van der Waals surface area contributed by atoms with Crippen molar-refractivity contribution >= 4 is 29.6 Å². The molecule has 2 saturated heterocycles. The van der Waals surface area contributed by atoms with Crippen LogP contribution >= 0.6 is 0 Å². The Morgan fingerprint density at radius 3 is 2.75 bits per heavy atom. The maximum absolute atomic E-state index is 13.6. The topological polar surface area (TPSA) is 108 Å². The van der Waals surface area contributed by atoms with Crippen LogP contribution in [0.5, 0.6) is 0 Å². The zero-order chi connectivity index (χ0) is 25.6. The second-order valence-electron chi connectivity index (χ2n) is 9.41. The Hall–Kier alpha value is -3.95. The molecular weight excluding hydrogens is 467 g/mol. The summed E-state index contributed by atoms with van der Waals surface area (Å²) in [5, 5.41) is 5.16. The highest BCUT2D eigenvalue weighted by Crippen LogP contribution is 2.46. The molecule has 10 heteroatoms. The van der Waals surface area contributed by atoms with E-state index in [0.29, 0.717) is 24.2 Å². The number of rotatable bonds is 4. The van der Waals surface area contributed by atoms with Crippen LogP contribution in [-0.2, 0) is 26.3 Å². The molecule has 36 heavy (non-hydrogen) atoms. The fourth-order valence-electron chi connectivity index (χ4n) is 5.55. The normalized spacial score (nSPS) is 22.7. The predicted octanol–water partition coefficient (Wildman–Crippen LogP) is 3.37. The van der Waals surface area contributed by atoms with Gasteiger partial charge in [-0.3, -0.25) is 9.59 Å². The number of nitrogens with zero attached hydrogens (tertiary/aromatic N) is 2. The Morgan fingerprint density at radius 2 is 2.00 bits per heavy atom. The third-order valence-corrected chi connectivity index (χ3v) is 7.30. The van der Waals surface area contributed by atoms with Gasteiger partial charge in [-0.05, 0) is 67.1 Å². The van der Waals surface area contributed by atoms with Gasteiger partial charge in [0.25, 0.3) is 5.91 Å². The smallest absolute Gasteiger partial charge is 0.418 e. The zero-order valence-electron chi connectivity index (χ0n) is 20.1. The van der Waals surface area contributed by atoms with Gasteiger partial charge < -0.3 is 20.3 Å². The molecule has 2 N–H and O–H groups in total. The Labute approximate surface area is 207 Å². The van der Waals surface area contributed by atoms with E-state index >= 15 is 0 Å². The summed E-state index contributed by atoms with van der Waals surface area (Å²) in [5.41, 5.74) is 2.08. The Bertz CT molecular complexity index is 1280. The van der Waals surface area contributed by atoms with Crippen molar-refractivity contribution in [2.45, 2.75) is 44.2 Å². The number of carbonyl (C=O) groups excluding carboxylic acids is 4. The highest BCUT2D eigenvalue weighted by molar-refractivity contribution is 6.06. The molecule has 3 aliphatic rings. The van der Waals surface area contributed by atoms with E-state index in [0.717, 1.165) is 34.4 Å². The summed E-state index contributed by atoms with van der Waals surface area (Å²) in [6.07, 6.45) is 1.40. The second kappa shape index (κ2) is 8.92. The number of hydrogen-bond donors (Lipinski definition) is 2. The van der Waals surface area contributed by atoms with E-state index in [1.807, 2.05) is 0 Å². The first kappa shape index (κ1) is 23.8. The highest BCUT2D eigenvalue weighted by atomic mass is 19.1. The average molecular weight is 495 g/mol. The molecule has 2 aromatic carbocycles. The van der Waals surface area contributed by atoms with Gasteiger partial charge >= 0.3 is 12.1 Å². The molecule has 2 aliphatic heterocycles. The summed E-state index contributed by atoms with van der Waals surface area (Å²) >= 11 is 0. The van der Waals surface area contributed by atoms with Crippen LogP contribution in [0.4, 0.5) is 19.7 Å². The van der Waals surface area contributed by atoms with Crippen molar-refractivity contribution in [2.24, 2.45) is 0 Å². The lowest BCUT2D eigenvalue weighted by Gasteiger charge is -2.27. The molecule has 9 nitrogen and oxygen atoms in total. The summed E-state index contributed by atoms with van der Waals surface area (Å²) in [7, 11) is 1.51. The molecule has 1 aliphatic carbocycles. The number of amides is 5. The van der Waals surface area contributed by atoms with Crippen LogP contribution in [0.1, 0.15) is 47.6 Å². The van der Waals surface area contributed by atoms with Crippen molar-refractivity contribution in [3.63, 3.8) is 0 Å². The van der Waals surface area contributed by atoms with Crippen molar-refractivity contribution in [1.29, 1.82) is 0 Å². The maximum Gasteiger partial charge on any atom is 0.418 e. The van der Waals surface area contributed by atoms with Gasteiger partial charge in [-0.15, -0.1) is 0 Å². The van der Waals surface area contributed by atoms with Crippen LogP contribution in [0.2, 0.25) is 0 Å². The minimum absolute atomic E-state index is 0.237. The molecule has 2 fully saturated rings. The molecular formula is C26H27FN4O5. The van der Waals surface area contributed by atoms with Crippen LogP contribution in [0.25, 0.3) is 0 Å². The van der Waals surface area contributed by atoms with Crippen molar-refractivity contribution in [3.8, 4) is 0 Å². The van der Waals surface area contributed by atoms with Crippen LogP contribution in [0.3, 0.4) is 0 Å². The number of carbonyl (C=O) groups is 4. The first-order chi connectivity index (χ1) is 17.2. The standard InChI is InChI=1S/C26H27FN4O5/c1-15-12-17(27)5-7-19(15)21-4-3-11-30(21)22(32)14-31-23(33)26(36-25(31)35)10-9-16-13-18(6-8-20(16)26)29-24(34)28-2/h5-8,12-13,21H,3-4,9-11,14H2,1-2H3,(H2,28,29,34)/t21-,26?/m1/s1. The van der Waals surface area contributed by atoms with Crippen molar-refractivity contribution in [3.05, 3.63) is 64.5 Å². The second-order valence-corrected chi connectivity index (χ2v) is 9.41. The van der Waals surface area contributed by atoms with Crippen LogP contribution in [0, 0.1) is 12.7 Å². The number of benzene rings is 2. The molecule has 0 radical (unpaired) electrons. The molecule has 0 bridgehead atoms. The van der Waals surface area contributed by atoms with Crippen LogP contribution in [0.15, 0.2) is 36.4 Å². The van der Waals surface area contributed by atoms with Gasteiger partial charge in [-0.25, -0.2) is 18.9 Å². The number of nitrogens with one attached hydrogen (secondary N) is 2. The number of likely N-dealkylation sites (tertiary alicyclic amines) is 1. The van der Waals surface area contributed by atoms with E-state index in [9.17, 15) is 23.6 Å². The lowest BCUT2D eigenvalue weighted by atomic mass is 9.94. The molecule has 0 aromatic heterocycles. The van der Waals surface area contributed by atoms with E-state index in [1.165, 1.54) is 19.2 Å². The maximum atomic E-state index is 13.6. The van der Waals surface area contributed by atoms with Gasteiger partial charge in [0.15, 0.2) is 0 Å². The van der Waals surface area contributed by atoms with Gasteiger partial charge in [0.05, 0.1) is 6.04 Å². The fraction of sp³-hybridized carbons (Fsp3) is 0.385. The van der Waals surface area contributed by atoms with Crippen molar-refractivity contribution < 1.29 is 28.3 Å². The minimum atomic E-state index is -1.46. The predicted molar refractivity (Wildman–Crippen MR) is 128 cm³/mol. The van der Waals surface area contributed by atoms with E-state index in [1.54, 1.807) is 36.1 Å². The van der Waals surface area contributed by atoms with Gasteiger partial charge in [0.1, 0.15) is 12.4 Å². The van der Waals surface area contributed by atoms with Gasteiger partial charge in [0.2, 0.25) is 11.5 Å². The van der Waals surface area contributed by atoms with Gasteiger partial charge in [-0.1, -0.05) is 12.1 Å². The van der Waals surface area contributed by atoms with E-state index in [-0.39, 0.29) is 30.2 Å². The number of hydrogen-bond acceptors (Lipinski definition) is 5. The highest BCUT2D eigenvalue weighted by Gasteiger charge is 2.58. The largest absolute Gasteiger partial charge is 0.427 e. The van der Waals surface area contributed by atoms with E-state index < -0.39 is 24.1 Å². The van der Waals surface area contributed by atoms with E-state index in [2.05, 4.69) is 10.6 Å². The molecule has 2 aromatic rings. The van der Waals surface area contributed by atoms with E-state index in [4.69, 9.17) is 4.74 Å². The van der Waals surface area contributed by atoms with Crippen LogP contribution < -0.4 is 10.6 Å². The minimum Gasteiger partial charge on any atom is -0.427 e. The number of imide groups is 1. The Balaban J connectivity index is 1.34. The molecule has 188 valence electrons. The van der Waals surface area contributed by atoms with Gasteiger partial charge in [0, 0.05) is 31.3 Å². The summed E-state index contributed by atoms with van der Waals surface area (Å²) in [6.45, 7) is 1.88. The molecule has 5 amide bonds. The Morgan fingerprint density at radius 1 is 1.19 bits per heavy atom. The number of anilines is 1. The molecule has 5 rings (SSSR count). The lowest BCUT2D eigenvalue weighted by molar-refractivity contribution is -0.142. The SMILES string of the molecule is CNC(=O)Nc1ccc2c(c1)CCC21OC(=O)N(CC(=O)N2CCC[C@@H]2c2ccc(F)cc2C)C1=O. The number of aryl methyl sites for hydroxylation is 2. The first-order valence-corrected chi connectivity index (χ1v) is 12.0. The first-order valence-electron chi connectivity index (χ1n) is 12.0. The summed E-state index contributed by atoms with van der Waals surface area (Å²) in [4.78, 5) is 53.8. The molecule has 0 saturated carbocycles. The van der Waals surface area contributed by atoms with Gasteiger partial charge in [-0.2, -0.15) is 0 Å². The summed E-state index contributed by atoms with van der Waals surface area (Å²) in [6, 6.07) is 8.98. The molecule has 1 spiro atoms. The third kappa shape index (κ3) is 3.86. The third-order valence-electron chi connectivity index (χ3n) is 7.30. The van der Waals surface area contributed by atoms with Crippen molar-refractivity contribution in [2.75, 3.05) is 25.5 Å². The number of urea groups is 1. The molecule has 2 heterocycles. The average Bonchev–Trinajstić information content (AvgIpc) is 3.53. The summed E-state index contributed by atoms with van der Waals surface area (Å²) in [5.74, 6) is -1.25. The van der Waals surface area contributed by atoms with Crippen LogP contribution in [-0.4, -0.2) is 53.9 Å². The number of fused-ring (bicyclic) bond motifs is 2. The zero-order valence-corrected chi connectivity index (χ0v) is 20.1.